The van der Waals surface area contributed by atoms with Crippen LogP contribution < -0.4 is 4.90 Å². The van der Waals surface area contributed by atoms with Crippen LogP contribution in [0.25, 0.3) is 5.69 Å². The molecule has 0 atom stereocenters. The molecule has 0 unspecified atom stereocenters. The number of rotatable bonds is 7. The van der Waals surface area contributed by atoms with Crippen molar-refractivity contribution in [1.29, 1.82) is 0 Å². The van der Waals surface area contributed by atoms with Gasteiger partial charge in [-0.25, -0.2) is 17.5 Å². The Kier molecular flexibility index (Phi) is 7.54. The molecule has 0 fully saturated rings. The molecule has 2 heterocycles. The molecule has 0 aliphatic rings. The maximum atomic E-state index is 13.8. The Morgan fingerprint density at radius 2 is 2.13 bits per heavy atom. The molecule has 0 aliphatic carbocycles. The quantitative estimate of drug-likeness (QED) is 0.358. The van der Waals surface area contributed by atoms with Crippen molar-refractivity contribution in [1.82, 2.24) is 14.8 Å². The van der Waals surface area contributed by atoms with Crippen LogP contribution in [0.5, 0.6) is 0 Å². The number of carbonyl (C=O) groups excluding carboxylic acids is 1. The summed E-state index contributed by atoms with van der Waals surface area (Å²) in [7, 11) is -3.11. The first-order chi connectivity index (χ1) is 14.0. The van der Waals surface area contributed by atoms with Gasteiger partial charge in [0.05, 0.1) is 23.8 Å². The zero-order valence-electron chi connectivity index (χ0n) is 17.0. The van der Waals surface area contributed by atoms with E-state index >= 15 is 0 Å². The highest BCUT2D eigenvalue weighted by Crippen LogP contribution is 2.27. The maximum absolute atomic E-state index is 13.8. The SMILES string of the molecule is CCN(C(=O)/C(=N\OC)S(=O)(=O)CCC(C)(C)F)c1cn(-c2cccnc2)nc1Cl. The van der Waals surface area contributed by atoms with E-state index in [1.807, 2.05) is 0 Å². The molecule has 0 aliphatic heterocycles. The molecule has 1 amide bonds. The molecule has 0 bridgehead atoms. The van der Waals surface area contributed by atoms with Gasteiger partial charge in [0.25, 0.3) is 11.0 Å². The molecule has 0 radical (unpaired) electrons. The lowest BCUT2D eigenvalue weighted by atomic mass is 10.1. The number of alkyl halides is 1. The largest absolute Gasteiger partial charge is 0.398 e. The smallest absolute Gasteiger partial charge is 0.292 e. The summed E-state index contributed by atoms with van der Waals surface area (Å²) in [5, 5.41) is 6.71. The lowest BCUT2D eigenvalue weighted by Gasteiger charge is -2.20. The predicted molar refractivity (Wildman–Crippen MR) is 112 cm³/mol. The third kappa shape index (κ3) is 5.76. The van der Waals surface area contributed by atoms with Gasteiger partial charge in [-0.2, -0.15) is 5.10 Å². The van der Waals surface area contributed by atoms with E-state index in [9.17, 15) is 17.6 Å². The molecule has 0 N–H and O–H groups in total. The predicted octanol–water partition coefficient (Wildman–Crippen LogP) is 2.79. The molecular weight excluding hydrogens is 437 g/mol. The summed E-state index contributed by atoms with van der Waals surface area (Å²) in [6, 6.07) is 3.44. The van der Waals surface area contributed by atoms with E-state index in [0.717, 1.165) is 12.0 Å². The molecule has 0 saturated carbocycles. The Morgan fingerprint density at radius 1 is 1.43 bits per heavy atom. The Hall–Kier alpha value is -2.53. The molecule has 2 rings (SSSR count). The second-order valence-corrected chi connectivity index (χ2v) is 9.26. The Labute approximate surface area is 179 Å². The van der Waals surface area contributed by atoms with Crippen LogP contribution in [0.2, 0.25) is 5.15 Å². The molecule has 12 heteroatoms. The van der Waals surface area contributed by atoms with Crippen molar-refractivity contribution in [3.63, 3.8) is 0 Å². The zero-order chi connectivity index (χ0) is 22.5. The Bertz CT molecular complexity index is 1020. The van der Waals surface area contributed by atoms with Crippen LogP contribution in [-0.4, -0.2) is 59.2 Å². The third-order valence-electron chi connectivity index (χ3n) is 4.03. The first kappa shape index (κ1) is 23.7. The fourth-order valence-corrected chi connectivity index (χ4v) is 4.21. The van der Waals surface area contributed by atoms with Gasteiger partial charge >= 0.3 is 0 Å². The maximum Gasteiger partial charge on any atom is 0.292 e. The average Bonchev–Trinajstić information content (AvgIpc) is 3.07. The van der Waals surface area contributed by atoms with Crippen molar-refractivity contribution in [3.05, 3.63) is 35.9 Å². The third-order valence-corrected chi connectivity index (χ3v) is 5.88. The fraction of sp³-hybridized carbons (Fsp3) is 0.444. The van der Waals surface area contributed by atoms with E-state index in [-0.39, 0.29) is 23.8 Å². The molecule has 30 heavy (non-hydrogen) atoms. The number of nitrogens with zero attached hydrogens (tertiary/aromatic N) is 5. The first-order valence-electron chi connectivity index (χ1n) is 9.00. The van der Waals surface area contributed by atoms with Gasteiger partial charge in [0, 0.05) is 12.7 Å². The summed E-state index contributed by atoms with van der Waals surface area (Å²) >= 11 is 6.21. The topological polar surface area (TPSA) is 107 Å². The lowest BCUT2D eigenvalue weighted by Crippen LogP contribution is -2.41. The van der Waals surface area contributed by atoms with Crippen LogP contribution in [-0.2, 0) is 19.5 Å². The van der Waals surface area contributed by atoms with Crippen molar-refractivity contribution in [3.8, 4) is 5.69 Å². The first-order valence-corrected chi connectivity index (χ1v) is 11.0. The highest BCUT2D eigenvalue weighted by molar-refractivity contribution is 8.08. The summed E-state index contributed by atoms with van der Waals surface area (Å²) < 4.78 is 40.6. The summed E-state index contributed by atoms with van der Waals surface area (Å²) in [6.07, 6.45) is 4.31. The van der Waals surface area contributed by atoms with Crippen LogP contribution in [0, 0.1) is 0 Å². The van der Waals surface area contributed by atoms with Gasteiger partial charge in [-0.3, -0.25) is 9.78 Å². The van der Waals surface area contributed by atoms with E-state index in [1.165, 1.54) is 24.7 Å². The van der Waals surface area contributed by atoms with Crippen molar-refractivity contribution < 1.29 is 22.4 Å². The van der Waals surface area contributed by atoms with Crippen molar-refractivity contribution in [2.24, 2.45) is 5.16 Å². The Morgan fingerprint density at radius 3 is 2.67 bits per heavy atom. The number of aromatic nitrogens is 3. The molecule has 164 valence electrons. The lowest BCUT2D eigenvalue weighted by molar-refractivity contribution is -0.112. The zero-order valence-corrected chi connectivity index (χ0v) is 18.6. The minimum absolute atomic E-state index is 0.0203. The number of sulfone groups is 1. The van der Waals surface area contributed by atoms with Crippen LogP contribution >= 0.6 is 11.6 Å². The number of halogens is 2. The highest BCUT2D eigenvalue weighted by atomic mass is 35.5. The van der Waals surface area contributed by atoms with Gasteiger partial charge < -0.3 is 9.74 Å². The summed E-state index contributed by atoms with van der Waals surface area (Å²) in [6.45, 7) is 4.21. The van der Waals surface area contributed by atoms with E-state index in [2.05, 4.69) is 20.1 Å². The fourth-order valence-electron chi connectivity index (χ4n) is 2.47. The molecule has 0 aromatic carbocycles. The van der Waals surface area contributed by atoms with Gasteiger partial charge in [0.1, 0.15) is 18.5 Å². The van der Waals surface area contributed by atoms with Crippen LogP contribution in [0.4, 0.5) is 10.1 Å². The number of carbonyl (C=O) groups is 1. The number of hydrogen-bond acceptors (Lipinski definition) is 7. The average molecular weight is 460 g/mol. The minimum Gasteiger partial charge on any atom is -0.398 e. The summed E-state index contributed by atoms with van der Waals surface area (Å²) in [4.78, 5) is 22.8. The number of anilines is 1. The number of pyridine rings is 1. The summed E-state index contributed by atoms with van der Waals surface area (Å²) in [5.74, 6) is -1.56. The van der Waals surface area contributed by atoms with E-state index in [4.69, 9.17) is 11.6 Å². The second kappa shape index (κ2) is 9.52. The van der Waals surface area contributed by atoms with Gasteiger partial charge in [-0.15, -0.1) is 0 Å². The van der Waals surface area contributed by atoms with Crippen LogP contribution in [0.3, 0.4) is 0 Å². The number of oxime groups is 1. The van der Waals surface area contributed by atoms with Crippen molar-refractivity contribution in [2.75, 3.05) is 24.3 Å². The van der Waals surface area contributed by atoms with E-state index in [1.54, 1.807) is 31.5 Å². The van der Waals surface area contributed by atoms with Gasteiger partial charge in [-0.1, -0.05) is 16.8 Å². The van der Waals surface area contributed by atoms with E-state index < -0.39 is 32.2 Å². The van der Waals surface area contributed by atoms with Gasteiger partial charge in [0.15, 0.2) is 5.15 Å². The van der Waals surface area contributed by atoms with Crippen LogP contribution in [0.1, 0.15) is 27.2 Å². The Balaban J connectivity index is 2.40. The second-order valence-electron chi connectivity index (χ2n) is 6.88. The molecule has 2 aromatic heterocycles. The number of amides is 1. The number of hydrogen-bond donors (Lipinski definition) is 0. The van der Waals surface area contributed by atoms with Crippen molar-refractivity contribution >= 4 is 38.1 Å². The monoisotopic (exact) mass is 459 g/mol. The molecular formula is C18H23ClFN5O4S. The molecule has 0 saturated heterocycles. The van der Waals surface area contributed by atoms with E-state index in [0.29, 0.717) is 5.69 Å². The molecule has 2 aromatic rings. The molecule has 9 nitrogen and oxygen atoms in total. The van der Waals surface area contributed by atoms with Crippen LogP contribution in [0.15, 0.2) is 35.9 Å². The highest BCUT2D eigenvalue weighted by Gasteiger charge is 2.35. The molecule has 0 spiro atoms. The van der Waals surface area contributed by atoms with Gasteiger partial charge in [0.2, 0.25) is 9.84 Å². The van der Waals surface area contributed by atoms with Gasteiger partial charge in [-0.05, 0) is 39.3 Å². The standard InChI is InChI=1S/C18H23ClFN5O4S/c1-5-24(14-12-25(22-15(14)19)13-7-6-9-21-11-13)17(26)16(23-29-4)30(27,28)10-8-18(2,3)20/h6-7,9,11-12H,5,8,10H2,1-4H3/b23-16+. The normalized spacial score (nSPS) is 12.7. The van der Waals surface area contributed by atoms with Crippen molar-refractivity contribution in [2.45, 2.75) is 32.9 Å². The minimum atomic E-state index is -4.22. The summed E-state index contributed by atoms with van der Waals surface area (Å²) in [5.41, 5.74) is -0.956.